The third-order valence-electron chi connectivity index (χ3n) is 3.80. The summed E-state index contributed by atoms with van der Waals surface area (Å²) in [5, 5.41) is 0.522. The van der Waals surface area contributed by atoms with Gasteiger partial charge in [0, 0.05) is 12.4 Å². The number of hydrogen-bond donors (Lipinski definition) is 1. The molecule has 3 heterocycles. The molecule has 0 bridgehead atoms. The molecular formula is C17H15N5OS. The molecule has 3 aromatic heterocycles. The normalized spacial score (nSPS) is 11.1. The van der Waals surface area contributed by atoms with Crippen LogP contribution in [0.4, 0.5) is 5.13 Å². The lowest BCUT2D eigenvalue weighted by molar-refractivity contribution is 0.415. The van der Waals surface area contributed by atoms with Gasteiger partial charge in [0.25, 0.3) is 0 Å². The van der Waals surface area contributed by atoms with E-state index in [4.69, 9.17) is 10.5 Å². The number of nitrogens with two attached hydrogens (primary N) is 1. The van der Waals surface area contributed by atoms with Gasteiger partial charge in [-0.2, -0.15) is 0 Å². The maximum absolute atomic E-state index is 6.01. The fraction of sp³-hybridized carbons (Fsp3) is 0.118. The molecule has 120 valence electrons. The lowest BCUT2D eigenvalue weighted by Crippen LogP contribution is -1.93. The molecule has 0 fully saturated rings. The zero-order valence-corrected chi connectivity index (χ0v) is 14.0. The molecule has 0 amide bonds. The van der Waals surface area contributed by atoms with E-state index in [1.54, 1.807) is 13.3 Å². The number of anilines is 1. The van der Waals surface area contributed by atoms with Crippen LogP contribution >= 0.6 is 11.3 Å². The smallest absolute Gasteiger partial charge is 0.234 e. The van der Waals surface area contributed by atoms with E-state index in [2.05, 4.69) is 15.0 Å². The molecule has 0 saturated heterocycles. The SMILES string of the molecule is COc1ccc(-c2sc(N)nc2-c2c(C)nc3ncccn23)cc1. The minimum atomic E-state index is 0.522. The number of methoxy groups -OCH3 is 1. The van der Waals surface area contributed by atoms with E-state index >= 15 is 0 Å². The number of aromatic nitrogens is 4. The van der Waals surface area contributed by atoms with Crippen molar-refractivity contribution in [1.29, 1.82) is 0 Å². The lowest BCUT2D eigenvalue weighted by atomic mass is 10.1. The maximum atomic E-state index is 6.01. The van der Waals surface area contributed by atoms with Crippen molar-refractivity contribution in [3.05, 3.63) is 48.4 Å². The molecule has 7 heteroatoms. The highest BCUT2D eigenvalue weighted by molar-refractivity contribution is 7.19. The summed E-state index contributed by atoms with van der Waals surface area (Å²) in [6.45, 7) is 1.96. The second-order valence-electron chi connectivity index (χ2n) is 5.29. The van der Waals surface area contributed by atoms with E-state index < -0.39 is 0 Å². The highest BCUT2D eigenvalue weighted by atomic mass is 32.1. The van der Waals surface area contributed by atoms with Crippen molar-refractivity contribution in [2.75, 3.05) is 12.8 Å². The number of rotatable bonds is 3. The van der Waals surface area contributed by atoms with Gasteiger partial charge in [-0.05, 0) is 42.8 Å². The highest BCUT2D eigenvalue weighted by Crippen LogP contribution is 2.39. The highest BCUT2D eigenvalue weighted by Gasteiger charge is 2.20. The van der Waals surface area contributed by atoms with Crippen molar-refractivity contribution in [1.82, 2.24) is 19.4 Å². The molecule has 0 spiro atoms. The Labute approximate surface area is 142 Å². The minimum Gasteiger partial charge on any atom is -0.497 e. The quantitative estimate of drug-likeness (QED) is 0.620. The number of nitrogens with zero attached hydrogens (tertiary/aromatic N) is 4. The van der Waals surface area contributed by atoms with Gasteiger partial charge in [-0.15, -0.1) is 0 Å². The summed E-state index contributed by atoms with van der Waals surface area (Å²) < 4.78 is 7.17. The van der Waals surface area contributed by atoms with Crippen LogP contribution in [-0.2, 0) is 0 Å². The number of imidazole rings is 1. The number of aryl methyl sites for hydroxylation is 1. The van der Waals surface area contributed by atoms with Gasteiger partial charge >= 0.3 is 0 Å². The van der Waals surface area contributed by atoms with Crippen LogP contribution in [0.2, 0.25) is 0 Å². The van der Waals surface area contributed by atoms with E-state index in [1.807, 2.05) is 47.9 Å². The first-order chi connectivity index (χ1) is 11.7. The van der Waals surface area contributed by atoms with Gasteiger partial charge < -0.3 is 10.5 Å². The number of nitrogen functional groups attached to an aromatic ring is 1. The molecule has 0 aliphatic carbocycles. The Hall–Kier alpha value is -2.93. The molecule has 0 aliphatic rings. The fourth-order valence-electron chi connectivity index (χ4n) is 2.72. The first-order valence-corrected chi connectivity index (χ1v) is 8.20. The average molecular weight is 337 g/mol. The fourth-order valence-corrected chi connectivity index (χ4v) is 3.56. The first-order valence-electron chi connectivity index (χ1n) is 7.38. The number of fused-ring (bicyclic) bond motifs is 1. The second-order valence-corrected chi connectivity index (χ2v) is 6.32. The third kappa shape index (κ3) is 2.30. The number of ether oxygens (including phenoxy) is 1. The summed E-state index contributed by atoms with van der Waals surface area (Å²) >= 11 is 1.46. The third-order valence-corrected chi connectivity index (χ3v) is 4.73. The van der Waals surface area contributed by atoms with Gasteiger partial charge in [0.1, 0.15) is 11.4 Å². The van der Waals surface area contributed by atoms with Gasteiger partial charge in [-0.3, -0.25) is 4.40 Å². The van der Waals surface area contributed by atoms with Gasteiger partial charge in [0.15, 0.2) is 5.13 Å². The zero-order valence-electron chi connectivity index (χ0n) is 13.2. The molecule has 0 aliphatic heterocycles. The van der Waals surface area contributed by atoms with Crippen LogP contribution in [-0.4, -0.2) is 26.5 Å². The van der Waals surface area contributed by atoms with Crippen LogP contribution in [0.5, 0.6) is 5.75 Å². The molecule has 1 aromatic carbocycles. The van der Waals surface area contributed by atoms with Gasteiger partial charge in [-0.1, -0.05) is 11.3 Å². The molecule has 24 heavy (non-hydrogen) atoms. The Morgan fingerprint density at radius 3 is 2.71 bits per heavy atom. The molecule has 6 nitrogen and oxygen atoms in total. The van der Waals surface area contributed by atoms with Crippen molar-refractivity contribution in [2.45, 2.75) is 6.92 Å². The molecule has 0 atom stereocenters. The maximum Gasteiger partial charge on any atom is 0.234 e. The number of thiazole rings is 1. The Morgan fingerprint density at radius 2 is 1.96 bits per heavy atom. The summed E-state index contributed by atoms with van der Waals surface area (Å²) in [7, 11) is 1.65. The van der Waals surface area contributed by atoms with Crippen LogP contribution in [0.1, 0.15) is 5.69 Å². The van der Waals surface area contributed by atoms with Crippen molar-refractivity contribution in [3.63, 3.8) is 0 Å². The average Bonchev–Trinajstić information content (AvgIpc) is 3.13. The second kappa shape index (κ2) is 5.61. The Balaban J connectivity index is 1.94. The summed E-state index contributed by atoms with van der Waals surface area (Å²) in [6.07, 6.45) is 3.66. The van der Waals surface area contributed by atoms with E-state index in [1.165, 1.54) is 11.3 Å². The molecular weight excluding hydrogens is 322 g/mol. The Morgan fingerprint density at radius 1 is 1.17 bits per heavy atom. The van der Waals surface area contributed by atoms with E-state index in [-0.39, 0.29) is 0 Å². The van der Waals surface area contributed by atoms with Crippen LogP contribution < -0.4 is 10.5 Å². The molecule has 4 rings (SSSR count). The monoisotopic (exact) mass is 337 g/mol. The van der Waals surface area contributed by atoms with Crippen LogP contribution in [0, 0.1) is 6.92 Å². The standard InChI is InChI=1S/C17H15N5OS/c1-10-14(22-9-3-8-19-17(22)20-10)13-15(24-16(18)21-13)11-4-6-12(23-2)7-5-11/h3-9H,1-2H3,(H2,18,21). The van der Waals surface area contributed by atoms with E-state index in [0.29, 0.717) is 10.9 Å². The zero-order chi connectivity index (χ0) is 16.7. The van der Waals surface area contributed by atoms with Crippen LogP contribution in [0.3, 0.4) is 0 Å². The van der Waals surface area contributed by atoms with Crippen molar-refractivity contribution >= 4 is 22.2 Å². The lowest BCUT2D eigenvalue weighted by Gasteiger charge is -2.05. The molecule has 4 aromatic rings. The minimum absolute atomic E-state index is 0.522. The van der Waals surface area contributed by atoms with E-state index in [0.717, 1.165) is 33.3 Å². The summed E-state index contributed by atoms with van der Waals surface area (Å²) in [4.78, 5) is 14.4. The first kappa shape index (κ1) is 14.6. The van der Waals surface area contributed by atoms with Crippen molar-refractivity contribution in [2.24, 2.45) is 0 Å². The molecule has 0 unspecified atom stereocenters. The Kier molecular flexibility index (Phi) is 3.42. The van der Waals surface area contributed by atoms with Crippen molar-refractivity contribution < 1.29 is 4.74 Å². The topological polar surface area (TPSA) is 78.3 Å². The summed E-state index contributed by atoms with van der Waals surface area (Å²) in [5.74, 6) is 1.46. The van der Waals surface area contributed by atoms with Gasteiger partial charge in [0.05, 0.1) is 23.4 Å². The van der Waals surface area contributed by atoms with Gasteiger partial charge in [0.2, 0.25) is 5.78 Å². The van der Waals surface area contributed by atoms with Crippen molar-refractivity contribution in [3.8, 4) is 27.6 Å². The number of benzene rings is 1. The Bertz CT molecular complexity index is 1020. The molecule has 2 N–H and O–H groups in total. The van der Waals surface area contributed by atoms with Crippen LogP contribution in [0.15, 0.2) is 42.7 Å². The summed E-state index contributed by atoms with van der Waals surface area (Å²) in [5.41, 5.74) is 9.65. The number of hydrogen-bond acceptors (Lipinski definition) is 6. The molecule has 0 saturated carbocycles. The van der Waals surface area contributed by atoms with Crippen LogP contribution in [0.25, 0.3) is 27.6 Å². The molecule has 0 radical (unpaired) electrons. The van der Waals surface area contributed by atoms with E-state index in [9.17, 15) is 0 Å². The predicted octanol–water partition coefficient (Wildman–Crippen LogP) is 3.42. The summed E-state index contributed by atoms with van der Waals surface area (Å²) in [6, 6.07) is 9.74. The van der Waals surface area contributed by atoms with Gasteiger partial charge in [-0.25, -0.2) is 15.0 Å². The largest absolute Gasteiger partial charge is 0.497 e. The predicted molar refractivity (Wildman–Crippen MR) is 95.2 cm³/mol.